The topological polar surface area (TPSA) is 25.2 Å². The Morgan fingerprint density at radius 2 is 2.00 bits per heavy atom. The van der Waals surface area contributed by atoms with E-state index in [1.807, 2.05) is 12.1 Å². The van der Waals surface area contributed by atoms with E-state index in [2.05, 4.69) is 57.0 Å². The summed E-state index contributed by atoms with van der Waals surface area (Å²) in [5, 5.41) is 5.52. The monoisotopic (exact) mass is 333 g/mol. The summed E-state index contributed by atoms with van der Waals surface area (Å²) in [7, 11) is 0. The molecule has 0 atom stereocenters. The van der Waals surface area contributed by atoms with Crippen molar-refractivity contribution in [3.8, 4) is 10.4 Å². The van der Waals surface area contributed by atoms with Crippen LogP contribution in [0.1, 0.15) is 5.76 Å². The maximum Gasteiger partial charge on any atom is 0.136 e. The van der Waals surface area contributed by atoms with Crippen molar-refractivity contribution in [3.05, 3.63) is 64.3 Å². The molecular formula is C15H12BrNOS. The Morgan fingerprint density at radius 3 is 2.74 bits per heavy atom. The summed E-state index contributed by atoms with van der Waals surface area (Å²) in [6.07, 6.45) is 1.69. The number of hydrogen-bond donors (Lipinski definition) is 1. The molecule has 3 aromatic rings. The van der Waals surface area contributed by atoms with Crippen molar-refractivity contribution in [3.63, 3.8) is 0 Å². The van der Waals surface area contributed by atoms with E-state index in [1.165, 1.54) is 10.4 Å². The van der Waals surface area contributed by atoms with Gasteiger partial charge in [0.05, 0.1) is 17.3 Å². The number of halogens is 1. The van der Waals surface area contributed by atoms with Crippen molar-refractivity contribution in [2.24, 2.45) is 0 Å². The highest BCUT2D eigenvalue weighted by atomic mass is 79.9. The van der Waals surface area contributed by atoms with E-state index >= 15 is 0 Å². The van der Waals surface area contributed by atoms with Crippen LogP contribution < -0.4 is 5.32 Å². The molecule has 3 rings (SSSR count). The molecule has 0 aliphatic heterocycles. The van der Waals surface area contributed by atoms with Crippen LogP contribution in [-0.2, 0) is 6.54 Å². The number of anilines is 1. The lowest BCUT2D eigenvalue weighted by atomic mass is 10.1. The first-order valence-electron chi connectivity index (χ1n) is 5.93. The molecule has 19 heavy (non-hydrogen) atoms. The zero-order valence-electron chi connectivity index (χ0n) is 10.1. The van der Waals surface area contributed by atoms with E-state index in [0.29, 0.717) is 6.54 Å². The van der Waals surface area contributed by atoms with Crippen molar-refractivity contribution in [1.29, 1.82) is 0 Å². The normalized spacial score (nSPS) is 10.6. The molecule has 2 aromatic heterocycles. The fraction of sp³-hybridized carbons (Fsp3) is 0.0667. The molecule has 0 saturated heterocycles. The van der Waals surface area contributed by atoms with Crippen LogP contribution >= 0.6 is 27.3 Å². The first-order valence-corrected chi connectivity index (χ1v) is 7.60. The molecule has 2 nitrogen and oxygen atoms in total. The highest BCUT2D eigenvalue weighted by molar-refractivity contribution is 9.10. The molecule has 0 amide bonds. The Hall–Kier alpha value is -1.52. The standard InChI is InChI=1S/C15H12BrNOS/c16-12-7-8-18-14(12)10-17-13-5-2-1-4-11(13)15-6-3-9-19-15/h1-9,17H,10H2. The van der Waals surface area contributed by atoms with Gasteiger partial charge in [0.1, 0.15) is 5.76 Å². The predicted molar refractivity (Wildman–Crippen MR) is 83.5 cm³/mol. The molecule has 1 N–H and O–H groups in total. The number of furan rings is 1. The maximum absolute atomic E-state index is 5.41. The minimum atomic E-state index is 0.663. The fourth-order valence-corrected chi connectivity index (χ4v) is 3.02. The Bertz CT molecular complexity index is 660. The highest BCUT2D eigenvalue weighted by Gasteiger charge is 2.07. The SMILES string of the molecule is Brc1ccoc1CNc1ccccc1-c1cccs1. The first kappa shape index (κ1) is 12.5. The fourth-order valence-electron chi connectivity index (χ4n) is 1.91. The Kier molecular flexibility index (Phi) is 3.71. The van der Waals surface area contributed by atoms with Gasteiger partial charge in [0.25, 0.3) is 0 Å². The number of rotatable bonds is 4. The molecule has 0 radical (unpaired) electrons. The van der Waals surface area contributed by atoms with Crippen LogP contribution in [-0.4, -0.2) is 0 Å². The van der Waals surface area contributed by atoms with Crippen molar-refractivity contribution >= 4 is 33.0 Å². The Morgan fingerprint density at radius 1 is 1.11 bits per heavy atom. The smallest absolute Gasteiger partial charge is 0.136 e. The Balaban J connectivity index is 1.84. The second-order valence-corrected chi connectivity index (χ2v) is 5.87. The number of hydrogen-bond acceptors (Lipinski definition) is 3. The van der Waals surface area contributed by atoms with Crippen LogP contribution in [0.15, 0.2) is 63.0 Å². The molecule has 0 spiro atoms. The summed E-state index contributed by atoms with van der Waals surface area (Å²) < 4.78 is 6.40. The molecule has 4 heteroatoms. The second-order valence-electron chi connectivity index (χ2n) is 4.07. The van der Waals surface area contributed by atoms with Crippen molar-refractivity contribution in [1.82, 2.24) is 0 Å². The zero-order valence-corrected chi connectivity index (χ0v) is 12.5. The van der Waals surface area contributed by atoms with Crippen molar-refractivity contribution in [2.75, 3.05) is 5.32 Å². The molecule has 0 aliphatic carbocycles. The summed E-state index contributed by atoms with van der Waals surface area (Å²) in [6, 6.07) is 14.4. The molecule has 0 bridgehead atoms. The molecule has 0 fully saturated rings. The third kappa shape index (κ3) is 2.74. The summed E-state index contributed by atoms with van der Waals surface area (Å²) in [5.74, 6) is 0.904. The molecule has 0 aliphatic rings. The summed E-state index contributed by atoms with van der Waals surface area (Å²) >= 11 is 5.21. The lowest BCUT2D eigenvalue weighted by molar-refractivity contribution is 0.516. The number of para-hydroxylation sites is 1. The van der Waals surface area contributed by atoms with E-state index < -0.39 is 0 Å². The third-order valence-corrected chi connectivity index (χ3v) is 4.45. The maximum atomic E-state index is 5.41. The van der Waals surface area contributed by atoms with Crippen LogP contribution in [0.4, 0.5) is 5.69 Å². The van der Waals surface area contributed by atoms with Gasteiger partial charge in [0.2, 0.25) is 0 Å². The van der Waals surface area contributed by atoms with Crippen molar-refractivity contribution < 1.29 is 4.42 Å². The molecule has 0 saturated carbocycles. The van der Waals surface area contributed by atoms with Gasteiger partial charge in [0.15, 0.2) is 0 Å². The van der Waals surface area contributed by atoms with E-state index in [9.17, 15) is 0 Å². The minimum Gasteiger partial charge on any atom is -0.466 e. The van der Waals surface area contributed by atoms with Gasteiger partial charge in [0, 0.05) is 16.1 Å². The van der Waals surface area contributed by atoms with Gasteiger partial charge >= 0.3 is 0 Å². The van der Waals surface area contributed by atoms with Crippen molar-refractivity contribution in [2.45, 2.75) is 6.54 Å². The number of nitrogens with one attached hydrogen (secondary N) is 1. The minimum absolute atomic E-state index is 0.663. The second kappa shape index (κ2) is 5.63. The largest absolute Gasteiger partial charge is 0.466 e. The van der Waals surface area contributed by atoms with Gasteiger partial charge in [-0.2, -0.15) is 0 Å². The van der Waals surface area contributed by atoms with Gasteiger partial charge < -0.3 is 9.73 Å². The van der Waals surface area contributed by atoms with Crippen LogP contribution in [0.25, 0.3) is 10.4 Å². The molecule has 96 valence electrons. The summed E-state index contributed by atoms with van der Waals surface area (Å²) in [6.45, 7) is 0.663. The highest BCUT2D eigenvalue weighted by Crippen LogP contribution is 2.31. The molecule has 1 aromatic carbocycles. The van der Waals surface area contributed by atoms with E-state index in [1.54, 1.807) is 17.6 Å². The number of thiophene rings is 1. The zero-order chi connectivity index (χ0) is 13.1. The lowest BCUT2D eigenvalue weighted by Crippen LogP contribution is -1.99. The van der Waals surface area contributed by atoms with Gasteiger partial charge in [-0.1, -0.05) is 24.3 Å². The van der Waals surface area contributed by atoms with Crippen LogP contribution in [0.2, 0.25) is 0 Å². The summed E-state index contributed by atoms with van der Waals surface area (Å²) in [4.78, 5) is 1.27. The van der Waals surface area contributed by atoms with Crippen LogP contribution in [0.3, 0.4) is 0 Å². The van der Waals surface area contributed by atoms with E-state index in [4.69, 9.17) is 4.42 Å². The third-order valence-electron chi connectivity index (χ3n) is 2.84. The predicted octanol–water partition coefficient (Wildman–Crippen LogP) is 5.38. The van der Waals surface area contributed by atoms with Crippen LogP contribution in [0.5, 0.6) is 0 Å². The summed E-state index contributed by atoms with van der Waals surface area (Å²) in [5.41, 5.74) is 2.34. The van der Waals surface area contributed by atoms with Crippen LogP contribution in [0, 0.1) is 0 Å². The van der Waals surface area contributed by atoms with Gasteiger partial charge in [-0.05, 0) is 39.5 Å². The lowest BCUT2D eigenvalue weighted by Gasteiger charge is -2.10. The molecule has 2 heterocycles. The number of benzene rings is 1. The van der Waals surface area contributed by atoms with E-state index in [-0.39, 0.29) is 0 Å². The quantitative estimate of drug-likeness (QED) is 0.693. The molecular weight excluding hydrogens is 322 g/mol. The van der Waals surface area contributed by atoms with Gasteiger partial charge in [-0.3, -0.25) is 0 Å². The Labute approximate surface area is 124 Å². The molecule has 0 unspecified atom stereocenters. The average molecular weight is 334 g/mol. The van der Waals surface area contributed by atoms with E-state index in [0.717, 1.165) is 15.9 Å². The van der Waals surface area contributed by atoms with Gasteiger partial charge in [-0.15, -0.1) is 11.3 Å². The first-order chi connectivity index (χ1) is 9.34. The van der Waals surface area contributed by atoms with Gasteiger partial charge in [-0.25, -0.2) is 0 Å². The average Bonchev–Trinajstić information content (AvgIpc) is 3.08.